The molecule has 0 spiro atoms. The average Bonchev–Trinajstić information content (AvgIpc) is 2.67. The van der Waals surface area contributed by atoms with Gasteiger partial charge in [0.15, 0.2) is 0 Å². The van der Waals surface area contributed by atoms with Crippen molar-refractivity contribution in [3.05, 3.63) is 28.3 Å². The predicted molar refractivity (Wildman–Crippen MR) is 66.9 cm³/mol. The van der Waals surface area contributed by atoms with Gasteiger partial charge in [0, 0.05) is 6.54 Å². The maximum Gasteiger partial charge on any atom is 0.491 e. The van der Waals surface area contributed by atoms with Crippen LogP contribution in [0.4, 0.5) is 13.2 Å². The van der Waals surface area contributed by atoms with Crippen LogP contribution in [0, 0.1) is 0 Å². The van der Waals surface area contributed by atoms with E-state index in [2.05, 4.69) is 5.32 Å². The third-order valence-electron chi connectivity index (χ3n) is 2.83. The number of hydrogen-bond acceptors (Lipinski definition) is 3. The molecule has 4 nitrogen and oxygen atoms in total. The van der Waals surface area contributed by atoms with Gasteiger partial charge in [-0.1, -0.05) is 11.6 Å². The molecular formula is C11H10BClF3NO3. The molecule has 0 saturated carbocycles. The van der Waals surface area contributed by atoms with Crippen LogP contribution >= 0.6 is 11.6 Å². The second kappa shape index (κ2) is 5.63. The fraction of sp³-hybridized carbons (Fsp3) is 0.364. The van der Waals surface area contributed by atoms with Gasteiger partial charge in [-0.05, 0) is 23.2 Å². The summed E-state index contributed by atoms with van der Waals surface area (Å²) in [4.78, 5) is 11.8. The lowest BCUT2D eigenvalue weighted by Crippen LogP contribution is -2.32. The maximum atomic E-state index is 12.0. The highest BCUT2D eigenvalue weighted by Crippen LogP contribution is 2.21. The van der Waals surface area contributed by atoms with E-state index >= 15 is 0 Å². The summed E-state index contributed by atoms with van der Waals surface area (Å²) in [5, 5.41) is 11.8. The van der Waals surface area contributed by atoms with Crippen LogP contribution in [0.5, 0.6) is 0 Å². The summed E-state index contributed by atoms with van der Waals surface area (Å²) in [5.41, 5.74) is 1.06. The molecule has 2 rings (SSSR count). The number of nitrogens with one attached hydrogen (secondary N) is 1. The van der Waals surface area contributed by atoms with Crippen LogP contribution in [0.15, 0.2) is 12.1 Å². The molecule has 1 aliphatic rings. The Morgan fingerprint density at radius 1 is 1.50 bits per heavy atom. The van der Waals surface area contributed by atoms with Gasteiger partial charge in [-0.15, -0.1) is 0 Å². The lowest BCUT2D eigenvalue weighted by atomic mass is 9.78. The minimum atomic E-state index is -4.33. The van der Waals surface area contributed by atoms with Crippen LogP contribution in [0.2, 0.25) is 5.02 Å². The zero-order valence-electron chi connectivity index (χ0n) is 10.1. The Morgan fingerprint density at radius 2 is 2.20 bits per heavy atom. The van der Waals surface area contributed by atoms with E-state index in [0.29, 0.717) is 11.0 Å². The standard InChI is InChI=1S/C11H10BClF3NO3/c13-9-3-6-5-20-12(19)8(6)4-7(9)10(18)17-2-1-11(14,15)16/h3-4,19H,1-2,5H2,(H,17,18). The fourth-order valence-electron chi connectivity index (χ4n) is 1.83. The lowest BCUT2D eigenvalue weighted by Gasteiger charge is -2.10. The topological polar surface area (TPSA) is 58.6 Å². The smallest absolute Gasteiger partial charge is 0.423 e. The number of alkyl halides is 3. The summed E-state index contributed by atoms with van der Waals surface area (Å²) in [7, 11) is -1.15. The minimum absolute atomic E-state index is 0.0112. The van der Waals surface area contributed by atoms with E-state index in [1.807, 2.05) is 0 Å². The molecule has 0 aliphatic carbocycles. The number of benzene rings is 1. The van der Waals surface area contributed by atoms with Crippen molar-refractivity contribution >= 4 is 30.1 Å². The van der Waals surface area contributed by atoms with E-state index in [0.717, 1.165) is 0 Å². The third-order valence-corrected chi connectivity index (χ3v) is 3.14. The Hall–Kier alpha value is -1.25. The van der Waals surface area contributed by atoms with Gasteiger partial charge in [0.25, 0.3) is 5.91 Å². The number of halogens is 4. The van der Waals surface area contributed by atoms with Crippen molar-refractivity contribution in [3.8, 4) is 0 Å². The van der Waals surface area contributed by atoms with Crippen molar-refractivity contribution in [2.75, 3.05) is 6.54 Å². The van der Waals surface area contributed by atoms with E-state index in [9.17, 15) is 23.0 Å². The van der Waals surface area contributed by atoms with Crippen LogP contribution in [-0.4, -0.2) is 30.8 Å². The molecule has 1 aliphatic heterocycles. The first-order valence-electron chi connectivity index (χ1n) is 5.75. The van der Waals surface area contributed by atoms with Crippen LogP contribution in [0.25, 0.3) is 0 Å². The summed E-state index contributed by atoms with van der Waals surface area (Å²) < 4.78 is 40.9. The molecule has 0 unspecified atom stereocenters. The quantitative estimate of drug-likeness (QED) is 0.826. The summed E-state index contributed by atoms with van der Waals surface area (Å²) in [5.74, 6) is -0.721. The molecule has 0 atom stereocenters. The molecule has 9 heteroatoms. The summed E-state index contributed by atoms with van der Waals surface area (Å²) in [6.45, 7) is -0.360. The van der Waals surface area contributed by atoms with Crippen molar-refractivity contribution in [1.29, 1.82) is 0 Å². The molecule has 0 radical (unpaired) electrons. The highest BCUT2D eigenvalue weighted by molar-refractivity contribution is 6.61. The third kappa shape index (κ3) is 3.44. The number of amides is 1. The molecule has 1 heterocycles. The molecule has 1 aromatic carbocycles. The Labute approximate surface area is 118 Å². The molecule has 0 aromatic heterocycles. The van der Waals surface area contributed by atoms with E-state index in [1.54, 1.807) is 0 Å². The van der Waals surface area contributed by atoms with Gasteiger partial charge in [0.2, 0.25) is 0 Å². The zero-order chi connectivity index (χ0) is 14.9. The van der Waals surface area contributed by atoms with Gasteiger partial charge in [-0.3, -0.25) is 4.79 Å². The van der Waals surface area contributed by atoms with Gasteiger partial charge < -0.3 is 15.0 Å². The van der Waals surface area contributed by atoms with Crippen molar-refractivity contribution < 1.29 is 27.6 Å². The van der Waals surface area contributed by atoms with Gasteiger partial charge in [0.05, 0.1) is 23.6 Å². The molecule has 0 saturated heterocycles. The Bertz CT molecular complexity index is 538. The van der Waals surface area contributed by atoms with Crippen LogP contribution in [-0.2, 0) is 11.3 Å². The number of fused-ring (bicyclic) bond motifs is 1. The van der Waals surface area contributed by atoms with Gasteiger partial charge in [-0.2, -0.15) is 13.2 Å². The first-order valence-corrected chi connectivity index (χ1v) is 6.12. The van der Waals surface area contributed by atoms with E-state index in [-0.39, 0.29) is 17.2 Å². The molecule has 1 aromatic rings. The number of rotatable bonds is 3. The van der Waals surface area contributed by atoms with Gasteiger partial charge in [-0.25, -0.2) is 0 Å². The molecule has 108 valence electrons. The van der Waals surface area contributed by atoms with Crippen molar-refractivity contribution in [3.63, 3.8) is 0 Å². The number of carbonyl (C=O) groups excluding carboxylic acids is 1. The average molecular weight is 307 g/mol. The molecular weight excluding hydrogens is 297 g/mol. The van der Waals surface area contributed by atoms with Crippen LogP contribution < -0.4 is 10.8 Å². The van der Waals surface area contributed by atoms with Crippen LogP contribution in [0.1, 0.15) is 22.3 Å². The highest BCUT2D eigenvalue weighted by atomic mass is 35.5. The van der Waals surface area contributed by atoms with Crippen LogP contribution in [0.3, 0.4) is 0 Å². The fourth-order valence-corrected chi connectivity index (χ4v) is 2.10. The molecule has 2 N–H and O–H groups in total. The molecule has 1 amide bonds. The second-order valence-electron chi connectivity index (χ2n) is 4.32. The van der Waals surface area contributed by atoms with Gasteiger partial charge >= 0.3 is 13.3 Å². The summed E-state index contributed by atoms with van der Waals surface area (Å²) in [6, 6.07) is 2.80. The van der Waals surface area contributed by atoms with E-state index < -0.39 is 32.2 Å². The number of hydrogen-bond donors (Lipinski definition) is 2. The predicted octanol–water partition coefficient (Wildman–Crippen LogP) is 1.24. The highest BCUT2D eigenvalue weighted by Gasteiger charge is 2.30. The monoisotopic (exact) mass is 307 g/mol. The number of carbonyl (C=O) groups is 1. The van der Waals surface area contributed by atoms with E-state index in [1.165, 1.54) is 12.1 Å². The zero-order valence-corrected chi connectivity index (χ0v) is 10.9. The van der Waals surface area contributed by atoms with Gasteiger partial charge in [0.1, 0.15) is 0 Å². The Balaban J connectivity index is 2.09. The molecule has 0 fully saturated rings. The first-order chi connectivity index (χ1) is 9.28. The summed E-state index contributed by atoms with van der Waals surface area (Å²) in [6.07, 6.45) is -5.45. The van der Waals surface area contributed by atoms with Crippen molar-refractivity contribution in [2.24, 2.45) is 0 Å². The first kappa shape index (κ1) is 15.1. The Morgan fingerprint density at radius 3 is 2.85 bits per heavy atom. The lowest BCUT2D eigenvalue weighted by molar-refractivity contribution is -0.132. The van der Waals surface area contributed by atoms with Crippen molar-refractivity contribution in [2.45, 2.75) is 19.2 Å². The maximum absolute atomic E-state index is 12.0. The minimum Gasteiger partial charge on any atom is -0.423 e. The SMILES string of the molecule is O=C(NCCC(F)(F)F)c1cc2c(cc1Cl)COB2O. The summed E-state index contributed by atoms with van der Waals surface area (Å²) >= 11 is 5.90. The van der Waals surface area contributed by atoms with Crippen molar-refractivity contribution in [1.82, 2.24) is 5.32 Å². The Kier molecular flexibility index (Phi) is 4.26. The molecule has 20 heavy (non-hydrogen) atoms. The second-order valence-corrected chi connectivity index (χ2v) is 4.72. The van der Waals surface area contributed by atoms with E-state index in [4.69, 9.17) is 16.3 Å². The largest absolute Gasteiger partial charge is 0.491 e. The molecule has 0 bridgehead atoms. The normalized spacial score (nSPS) is 14.3.